The summed E-state index contributed by atoms with van der Waals surface area (Å²) in [5, 5.41) is 11.3. The third-order valence-electron chi connectivity index (χ3n) is 2.58. The summed E-state index contributed by atoms with van der Waals surface area (Å²) < 4.78 is 0. The molecule has 0 saturated carbocycles. The molecule has 0 amide bonds. The zero-order chi connectivity index (χ0) is 12.5. The molecule has 0 atom stereocenters. The second-order valence-electron chi connectivity index (χ2n) is 4.07. The van der Waals surface area contributed by atoms with Crippen LogP contribution in [0, 0.1) is 0 Å². The number of pyridine rings is 1. The first-order valence-corrected chi connectivity index (χ1v) is 5.77. The minimum absolute atomic E-state index is 0.295. The van der Waals surface area contributed by atoms with E-state index < -0.39 is 0 Å². The Morgan fingerprint density at radius 2 is 2.29 bits per heavy atom. The maximum atomic E-state index is 8.39. The summed E-state index contributed by atoms with van der Waals surface area (Å²) in [4.78, 5) is 6.50. The molecule has 0 bridgehead atoms. The number of aromatic nitrogens is 1. The maximum Gasteiger partial charge on any atom is 0.139 e. The van der Waals surface area contributed by atoms with E-state index in [0.29, 0.717) is 12.3 Å². The summed E-state index contributed by atoms with van der Waals surface area (Å²) in [6, 6.07) is 5.95. The monoisotopic (exact) mass is 236 g/mol. The lowest BCUT2D eigenvalue weighted by atomic mass is 10.2. The lowest BCUT2D eigenvalue weighted by Gasteiger charge is -2.15. The lowest BCUT2D eigenvalue weighted by molar-refractivity contribution is 0.313. The van der Waals surface area contributed by atoms with E-state index in [9.17, 15) is 0 Å². The van der Waals surface area contributed by atoms with Gasteiger partial charge in [-0.15, -0.1) is 0 Å². The van der Waals surface area contributed by atoms with Crippen LogP contribution in [-0.4, -0.2) is 41.1 Å². The third-order valence-corrected chi connectivity index (χ3v) is 2.58. The van der Waals surface area contributed by atoms with Crippen LogP contribution in [0.4, 0.5) is 0 Å². The van der Waals surface area contributed by atoms with E-state index in [-0.39, 0.29) is 0 Å². The molecule has 0 aliphatic rings. The van der Waals surface area contributed by atoms with Crippen LogP contribution in [0.2, 0.25) is 0 Å². The fourth-order valence-electron chi connectivity index (χ4n) is 1.54. The molecular weight excluding hydrogens is 216 g/mol. The van der Waals surface area contributed by atoms with E-state index >= 15 is 0 Å². The Bertz CT molecular complexity index is 340. The molecule has 0 saturated heterocycles. The number of oxime groups is 1. The van der Waals surface area contributed by atoms with Crippen LogP contribution in [0.3, 0.4) is 0 Å². The summed E-state index contributed by atoms with van der Waals surface area (Å²) in [6.07, 6.45) is 4.29. The summed E-state index contributed by atoms with van der Waals surface area (Å²) in [5.41, 5.74) is 6.50. The Morgan fingerprint density at radius 1 is 1.47 bits per heavy atom. The first-order valence-electron chi connectivity index (χ1n) is 5.77. The largest absolute Gasteiger partial charge is 0.409 e. The fraction of sp³-hybridized carbons (Fsp3) is 0.500. The van der Waals surface area contributed by atoms with Crippen LogP contribution in [0.5, 0.6) is 0 Å². The van der Waals surface area contributed by atoms with E-state index in [2.05, 4.69) is 22.1 Å². The molecule has 1 rings (SSSR count). The quantitative estimate of drug-likeness (QED) is 0.321. The molecule has 0 fully saturated rings. The fourth-order valence-corrected chi connectivity index (χ4v) is 1.54. The van der Waals surface area contributed by atoms with Gasteiger partial charge in [-0.25, -0.2) is 0 Å². The predicted octanol–water partition coefficient (Wildman–Crippen LogP) is 1.08. The van der Waals surface area contributed by atoms with Gasteiger partial charge in [0.2, 0.25) is 0 Å². The molecule has 5 nitrogen and oxygen atoms in total. The number of amidine groups is 1. The summed E-state index contributed by atoms with van der Waals surface area (Å²) >= 11 is 0. The molecule has 0 radical (unpaired) electrons. The van der Waals surface area contributed by atoms with Crippen LogP contribution < -0.4 is 5.73 Å². The van der Waals surface area contributed by atoms with Crippen molar-refractivity contribution >= 4 is 5.84 Å². The molecule has 0 aliphatic heterocycles. The number of nitrogens with zero attached hydrogens (tertiary/aromatic N) is 3. The normalized spacial score (nSPS) is 12.0. The van der Waals surface area contributed by atoms with Crippen molar-refractivity contribution in [1.82, 2.24) is 9.88 Å². The number of hydrogen-bond donors (Lipinski definition) is 2. The van der Waals surface area contributed by atoms with E-state index in [1.807, 2.05) is 24.4 Å². The van der Waals surface area contributed by atoms with Crippen LogP contribution in [0.25, 0.3) is 0 Å². The third kappa shape index (κ3) is 5.87. The van der Waals surface area contributed by atoms with Gasteiger partial charge in [0.25, 0.3) is 0 Å². The van der Waals surface area contributed by atoms with Crippen molar-refractivity contribution in [3.8, 4) is 0 Å². The molecule has 1 aromatic heterocycles. The molecule has 5 heteroatoms. The van der Waals surface area contributed by atoms with Crippen molar-refractivity contribution in [2.75, 3.05) is 20.1 Å². The van der Waals surface area contributed by atoms with Gasteiger partial charge in [-0.2, -0.15) is 0 Å². The van der Waals surface area contributed by atoms with Crippen molar-refractivity contribution in [1.29, 1.82) is 0 Å². The van der Waals surface area contributed by atoms with Crippen molar-refractivity contribution in [2.45, 2.75) is 19.3 Å². The molecule has 0 aliphatic carbocycles. The maximum absolute atomic E-state index is 8.39. The summed E-state index contributed by atoms with van der Waals surface area (Å²) in [7, 11) is 2.06. The zero-order valence-electron chi connectivity index (χ0n) is 10.2. The average Bonchev–Trinajstić information content (AvgIpc) is 2.37. The highest BCUT2D eigenvalue weighted by atomic mass is 16.4. The van der Waals surface area contributed by atoms with Gasteiger partial charge in [0.05, 0.1) is 0 Å². The average molecular weight is 236 g/mol. The second-order valence-corrected chi connectivity index (χ2v) is 4.07. The van der Waals surface area contributed by atoms with Crippen LogP contribution in [0.15, 0.2) is 29.6 Å². The van der Waals surface area contributed by atoms with E-state index in [0.717, 1.165) is 31.6 Å². The van der Waals surface area contributed by atoms with Gasteiger partial charge < -0.3 is 15.8 Å². The molecule has 1 aromatic rings. The Labute approximate surface area is 102 Å². The second kappa shape index (κ2) is 7.62. The molecule has 94 valence electrons. The van der Waals surface area contributed by atoms with E-state index in [4.69, 9.17) is 10.9 Å². The molecular formula is C12H20N4O. The van der Waals surface area contributed by atoms with Crippen LogP contribution >= 0.6 is 0 Å². The van der Waals surface area contributed by atoms with Gasteiger partial charge in [0, 0.05) is 31.3 Å². The van der Waals surface area contributed by atoms with Gasteiger partial charge in [0.15, 0.2) is 0 Å². The highest BCUT2D eigenvalue weighted by Crippen LogP contribution is 1.98. The first-order chi connectivity index (χ1) is 8.22. The summed E-state index contributed by atoms with van der Waals surface area (Å²) in [5.74, 6) is 0.295. The molecule has 17 heavy (non-hydrogen) atoms. The van der Waals surface area contributed by atoms with Crippen LogP contribution in [0.1, 0.15) is 18.5 Å². The summed E-state index contributed by atoms with van der Waals surface area (Å²) in [6.45, 7) is 1.90. The van der Waals surface area contributed by atoms with Gasteiger partial charge in [-0.3, -0.25) is 4.98 Å². The van der Waals surface area contributed by atoms with Crippen LogP contribution in [-0.2, 0) is 6.42 Å². The first kappa shape index (κ1) is 13.4. The molecule has 0 aromatic carbocycles. The lowest BCUT2D eigenvalue weighted by Crippen LogP contribution is -2.24. The Balaban J connectivity index is 2.15. The van der Waals surface area contributed by atoms with Crippen molar-refractivity contribution in [2.24, 2.45) is 10.9 Å². The Kier molecular flexibility index (Phi) is 6.03. The SMILES string of the molecule is CN(CCC/C(N)=N/O)CCc1ccccn1. The standard InChI is InChI=1S/C12H20N4O/c1-16(9-4-6-12(13)15-17)10-7-11-5-2-3-8-14-11/h2-3,5,8,17H,4,6-7,9-10H2,1H3,(H2,13,15). The van der Waals surface area contributed by atoms with Gasteiger partial charge in [-0.1, -0.05) is 11.2 Å². The number of likely N-dealkylation sites (N-methyl/N-ethyl adjacent to an activating group) is 1. The molecule has 3 N–H and O–H groups in total. The van der Waals surface area contributed by atoms with Crippen molar-refractivity contribution in [3.63, 3.8) is 0 Å². The van der Waals surface area contributed by atoms with E-state index in [1.165, 1.54) is 0 Å². The van der Waals surface area contributed by atoms with Gasteiger partial charge in [-0.05, 0) is 32.1 Å². The van der Waals surface area contributed by atoms with Gasteiger partial charge in [0.1, 0.15) is 5.84 Å². The zero-order valence-corrected chi connectivity index (χ0v) is 10.2. The highest BCUT2D eigenvalue weighted by molar-refractivity contribution is 5.79. The molecule has 1 heterocycles. The Morgan fingerprint density at radius 3 is 2.94 bits per heavy atom. The van der Waals surface area contributed by atoms with Gasteiger partial charge >= 0.3 is 0 Å². The van der Waals surface area contributed by atoms with Crippen molar-refractivity contribution in [3.05, 3.63) is 30.1 Å². The minimum atomic E-state index is 0.295. The van der Waals surface area contributed by atoms with Crippen molar-refractivity contribution < 1.29 is 5.21 Å². The highest BCUT2D eigenvalue weighted by Gasteiger charge is 2.01. The molecule has 0 spiro atoms. The van der Waals surface area contributed by atoms with E-state index in [1.54, 1.807) is 0 Å². The Hall–Kier alpha value is -1.62. The molecule has 0 unspecified atom stereocenters. The smallest absolute Gasteiger partial charge is 0.139 e. The number of hydrogen-bond acceptors (Lipinski definition) is 4. The topological polar surface area (TPSA) is 74.7 Å². The minimum Gasteiger partial charge on any atom is -0.409 e. The number of rotatable bonds is 7. The predicted molar refractivity (Wildman–Crippen MR) is 68.1 cm³/mol. The number of nitrogens with two attached hydrogens (primary N) is 1.